The third-order valence-corrected chi connectivity index (χ3v) is 5.77. The normalized spacial score (nSPS) is 11.8. The number of halogens is 1. The van der Waals surface area contributed by atoms with Crippen molar-refractivity contribution in [2.45, 2.75) is 6.61 Å². The summed E-state index contributed by atoms with van der Waals surface area (Å²) in [6, 6.07) is 12.9. The van der Waals surface area contributed by atoms with Gasteiger partial charge in [0.1, 0.15) is 23.9 Å². The molecule has 0 saturated heterocycles. The largest absolute Gasteiger partial charge is 0.495 e. The summed E-state index contributed by atoms with van der Waals surface area (Å²) in [6.07, 6.45) is 0. The van der Waals surface area contributed by atoms with E-state index in [9.17, 15) is 4.79 Å². The van der Waals surface area contributed by atoms with Crippen LogP contribution in [0.2, 0.25) is 5.02 Å². The van der Waals surface area contributed by atoms with E-state index in [0.717, 1.165) is 21.8 Å². The van der Waals surface area contributed by atoms with Crippen LogP contribution in [0.15, 0.2) is 42.5 Å². The molecule has 0 radical (unpaired) electrons. The number of fused-ring (bicyclic) bond motifs is 3. The Morgan fingerprint density at radius 3 is 2.70 bits per heavy atom. The van der Waals surface area contributed by atoms with Crippen LogP contribution in [0.25, 0.3) is 10.4 Å². The highest BCUT2D eigenvalue weighted by atomic mass is 35.5. The summed E-state index contributed by atoms with van der Waals surface area (Å²) in [4.78, 5) is 14.5. The van der Waals surface area contributed by atoms with Gasteiger partial charge in [0.05, 0.1) is 29.8 Å². The minimum Gasteiger partial charge on any atom is -0.495 e. The predicted molar refractivity (Wildman–Crippen MR) is 107 cm³/mol. The van der Waals surface area contributed by atoms with Gasteiger partial charge in [-0.15, -0.1) is 11.3 Å². The van der Waals surface area contributed by atoms with E-state index in [1.807, 2.05) is 30.3 Å². The molecule has 0 saturated carbocycles. The highest BCUT2D eigenvalue weighted by Crippen LogP contribution is 2.43. The lowest BCUT2D eigenvalue weighted by Gasteiger charge is -2.16. The number of methoxy groups -OCH3 is 2. The lowest BCUT2D eigenvalue weighted by molar-refractivity contribution is 0.103. The number of amides is 1. The summed E-state index contributed by atoms with van der Waals surface area (Å²) in [5.41, 5.74) is 2.49. The van der Waals surface area contributed by atoms with Crippen molar-refractivity contribution in [3.63, 3.8) is 0 Å². The number of thiophene rings is 1. The fourth-order valence-electron chi connectivity index (χ4n) is 2.95. The van der Waals surface area contributed by atoms with Crippen molar-refractivity contribution in [3.8, 4) is 27.7 Å². The molecule has 27 heavy (non-hydrogen) atoms. The summed E-state index contributed by atoms with van der Waals surface area (Å²) >= 11 is 7.62. The molecule has 1 amide bonds. The Morgan fingerprint density at radius 2 is 1.93 bits per heavy atom. The molecule has 1 aromatic heterocycles. The first-order chi connectivity index (χ1) is 13.1. The minimum absolute atomic E-state index is 0.230. The second-order valence-corrected chi connectivity index (χ2v) is 7.35. The van der Waals surface area contributed by atoms with Crippen LogP contribution in [0.4, 0.5) is 5.69 Å². The van der Waals surface area contributed by atoms with Gasteiger partial charge in [-0.2, -0.15) is 0 Å². The molecule has 7 heteroatoms. The second kappa shape index (κ2) is 7.13. The van der Waals surface area contributed by atoms with Crippen LogP contribution in [0.5, 0.6) is 17.2 Å². The zero-order valence-corrected chi connectivity index (χ0v) is 16.2. The first kappa shape index (κ1) is 17.7. The van der Waals surface area contributed by atoms with Crippen LogP contribution in [-0.2, 0) is 6.61 Å². The highest BCUT2D eigenvalue weighted by Gasteiger charge is 2.23. The topological polar surface area (TPSA) is 56.8 Å². The molecule has 0 bridgehead atoms. The van der Waals surface area contributed by atoms with Gasteiger partial charge >= 0.3 is 0 Å². The first-order valence-electron chi connectivity index (χ1n) is 8.18. The fourth-order valence-corrected chi connectivity index (χ4v) is 4.29. The number of benzene rings is 2. The van der Waals surface area contributed by atoms with E-state index in [2.05, 4.69) is 5.32 Å². The molecule has 138 valence electrons. The number of carbonyl (C=O) groups excluding carboxylic acids is 1. The lowest BCUT2D eigenvalue weighted by atomic mass is 10.1. The summed E-state index contributed by atoms with van der Waals surface area (Å²) in [5, 5.41) is 3.26. The molecular formula is C20H16ClNO4S. The van der Waals surface area contributed by atoms with Gasteiger partial charge in [0.25, 0.3) is 5.91 Å². The van der Waals surface area contributed by atoms with E-state index in [1.165, 1.54) is 25.6 Å². The predicted octanol–water partition coefficient (Wildman–Crippen LogP) is 5.23. The number of nitrogens with one attached hydrogen (secondary N) is 1. The van der Waals surface area contributed by atoms with Gasteiger partial charge in [-0.25, -0.2) is 0 Å². The number of ether oxygens (including phenoxy) is 3. The van der Waals surface area contributed by atoms with E-state index in [0.29, 0.717) is 33.7 Å². The molecule has 3 aromatic rings. The monoisotopic (exact) mass is 401 g/mol. The SMILES string of the molecule is COc1cc(OC)c(NC(=O)c2cc3c(s2)-c2ccccc2OC3)cc1Cl. The van der Waals surface area contributed by atoms with Gasteiger partial charge in [0, 0.05) is 22.1 Å². The molecule has 2 aromatic carbocycles. The van der Waals surface area contributed by atoms with E-state index >= 15 is 0 Å². The second-order valence-electron chi connectivity index (χ2n) is 5.89. The minimum atomic E-state index is -0.230. The summed E-state index contributed by atoms with van der Waals surface area (Å²) < 4.78 is 16.3. The number of para-hydroxylation sites is 1. The van der Waals surface area contributed by atoms with Gasteiger partial charge in [-0.1, -0.05) is 23.7 Å². The third kappa shape index (κ3) is 3.22. The van der Waals surface area contributed by atoms with Gasteiger partial charge < -0.3 is 19.5 Å². The summed E-state index contributed by atoms with van der Waals surface area (Å²) in [5.74, 6) is 1.56. The van der Waals surface area contributed by atoms with Crippen LogP contribution in [0.3, 0.4) is 0 Å². The molecule has 0 atom stereocenters. The van der Waals surface area contributed by atoms with Crippen molar-refractivity contribution in [1.29, 1.82) is 0 Å². The van der Waals surface area contributed by atoms with Crippen LogP contribution in [0, 0.1) is 0 Å². The molecule has 4 rings (SSSR count). The Balaban J connectivity index is 1.64. The van der Waals surface area contributed by atoms with E-state index in [1.54, 1.807) is 12.1 Å². The maximum absolute atomic E-state index is 12.8. The van der Waals surface area contributed by atoms with E-state index in [-0.39, 0.29) is 5.91 Å². The van der Waals surface area contributed by atoms with Crippen molar-refractivity contribution in [2.75, 3.05) is 19.5 Å². The Hall–Kier alpha value is -2.70. The zero-order valence-electron chi connectivity index (χ0n) is 14.7. The molecular weight excluding hydrogens is 386 g/mol. The number of hydrogen-bond acceptors (Lipinski definition) is 5. The number of rotatable bonds is 4. The Kier molecular flexibility index (Phi) is 4.68. The molecule has 0 fully saturated rings. The van der Waals surface area contributed by atoms with Crippen LogP contribution < -0.4 is 19.5 Å². The van der Waals surface area contributed by atoms with Crippen molar-refractivity contribution in [3.05, 3.63) is 57.9 Å². The van der Waals surface area contributed by atoms with Crippen molar-refractivity contribution >= 4 is 34.5 Å². The molecule has 0 unspecified atom stereocenters. The van der Waals surface area contributed by atoms with Crippen LogP contribution >= 0.6 is 22.9 Å². The standard InChI is InChI=1S/C20H16ClNO4S/c1-24-16-9-17(25-2)14(8-13(16)21)22-20(23)18-7-11-10-26-15-6-4-3-5-12(15)19(11)27-18/h3-9H,10H2,1-2H3,(H,22,23). The van der Waals surface area contributed by atoms with E-state index < -0.39 is 0 Å². The first-order valence-corrected chi connectivity index (χ1v) is 9.38. The number of carbonyl (C=O) groups is 1. The van der Waals surface area contributed by atoms with Crippen molar-refractivity contribution in [2.24, 2.45) is 0 Å². The summed E-state index contributed by atoms with van der Waals surface area (Å²) in [6.45, 7) is 0.452. The molecule has 1 aliphatic heterocycles. The maximum Gasteiger partial charge on any atom is 0.265 e. The quantitative estimate of drug-likeness (QED) is 0.650. The van der Waals surface area contributed by atoms with Crippen molar-refractivity contribution in [1.82, 2.24) is 0 Å². The van der Waals surface area contributed by atoms with Gasteiger partial charge in [-0.05, 0) is 24.3 Å². The van der Waals surface area contributed by atoms with Gasteiger partial charge in [0.2, 0.25) is 0 Å². The average Bonchev–Trinajstić information content (AvgIpc) is 3.13. The maximum atomic E-state index is 12.8. The molecule has 0 spiro atoms. The molecule has 2 heterocycles. The zero-order chi connectivity index (χ0) is 19.0. The molecule has 5 nitrogen and oxygen atoms in total. The number of hydrogen-bond donors (Lipinski definition) is 1. The third-order valence-electron chi connectivity index (χ3n) is 4.27. The lowest BCUT2D eigenvalue weighted by Crippen LogP contribution is -2.11. The van der Waals surface area contributed by atoms with Gasteiger partial charge in [-0.3, -0.25) is 4.79 Å². The number of anilines is 1. The summed E-state index contributed by atoms with van der Waals surface area (Å²) in [7, 11) is 3.05. The highest BCUT2D eigenvalue weighted by molar-refractivity contribution is 7.17. The van der Waals surface area contributed by atoms with E-state index in [4.69, 9.17) is 25.8 Å². The smallest absolute Gasteiger partial charge is 0.265 e. The van der Waals surface area contributed by atoms with Crippen molar-refractivity contribution < 1.29 is 19.0 Å². The fraction of sp³-hybridized carbons (Fsp3) is 0.150. The molecule has 0 aliphatic carbocycles. The van der Waals surface area contributed by atoms with Crippen LogP contribution in [-0.4, -0.2) is 20.1 Å². The van der Waals surface area contributed by atoms with Crippen LogP contribution in [0.1, 0.15) is 15.2 Å². The molecule has 1 aliphatic rings. The Bertz CT molecular complexity index is 1030. The van der Waals surface area contributed by atoms with Gasteiger partial charge in [0.15, 0.2) is 0 Å². The average molecular weight is 402 g/mol. The Morgan fingerprint density at radius 1 is 1.15 bits per heavy atom. The molecule has 1 N–H and O–H groups in total. The Labute approximate surface area is 165 Å².